The molecule has 2 aromatic rings. The average molecular weight is 361 g/mol. The summed E-state index contributed by atoms with van der Waals surface area (Å²) in [5, 5.41) is 1.88. The topological polar surface area (TPSA) is 46.6 Å². The Morgan fingerprint density at radius 2 is 2.00 bits per heavy atom. The van der Waals surface area contributed by atoms with Crippen molar-refractivity contribution < 1.29 is 18.7 Å². The van der Waals surface area contributed by atoms with Gasteiger partial charge >= 0.3 is 0 Å². The molecule has 1 fully saturated rings. The van der Waals surface area contributed by atoms with Crippen LogP contribution in [0.1, 0.15) is 40.6 Å². The fraction of sp³-hybridized carbons (Fsp3) is 0.368. The van der Waals surface area contributed by atoms with Gasteiger partial charge in [-0.1, -0.05) is 18.2 Å². The minimum absolute atomic E-state index is 0.0365. The van der Waals surface area contributed by atoms with Crippen molar-refractivity contribution in [2.24, 2.45) is 0 Å². The highest BCUT2D eigenvalue weighted by atomic mass is 32.1. The van der Waals surface area contributed by atoms with Crippen molar-refractivity contribution in [3.05, 3.63) is 58.0 Å². The fourth-order valence-electron chi connectivity index (χ4n) is 2.87. The molecule has 0 radical (unpaired) electrons. The Hall–Kier alpha value is -2.05. The molecule has 0 bridgehead atoms. The summed E-state index contributed by atoms with van der Waals surface area (Å²) in [4.78, 5) is 26.9. The van der Waals surface area contributed by atoms with Crippen molar-refractivity contribution in [1.82, 2.24) is 4.90 Å². The van der Waals surface area contributed by atoms with Crippen LogP contribution in [0.5, 0.6) is 0 Å². The van der Waals surface area contributed by atoms with E-state index >= 15 is 0 Å². The quantitative estimate of drug-likeness (QED) is 0.735. The first-order valence-electron chi connectivity index (χ1n) is 8.35. The molecule has 1 aliphatic rings. The Bertz CT molecular complexity index is 715. The van der Waals surface area contributed by atoms with E-state index in [1.807, 2.05) is 17.5 Å². The van der Waals surface area contributed by atoms with E-state index in [-0.39, 0.29) is 23.6 Å². The third-order valence-corrected chi connectivity index (χ3v) is 5.16. The molecule has 0 saturated carbocycles. The summed E-state index contributed by atoms with van der Waals surface area (Å²) in [6.45, 7) is 1.47. The van der Waals surface area contributed by atoms with E-state index in [0.717, 1.165) is 10.4 Å². The van der Waals surface area contributed by atoms with Gasteiger partial charge in [-0.3, -0.25) is 9.59 Å². The molecule has 3 rings (SSSR count). The zero-order valence-corrected chi connectivity index (χ0v) is 14.6. The predicted molar refractivity (Wildman–Crippen MR) is 94.2 cm³/mol. The highest BCUT2D eigenvalue weighted by Gasteiger charge is 2.25. The lowest BCUT2D eigenvalue weighted by atomic mass is 10.1. The number of carbonyl (C=O) groups excluding carboxylic acids is 2. The second kappa shape index (κ2) is 8.36. The van der Waals surface area contributed by atoms with Crippen molar-refractivity contribution in [2.75, 3.05) is 19.7 Å². The van der Waals surface area contributed by atoms with E-state index in [1.54, 1.807) is 17.0 Å². The number of Topliss-reactive ketones (excluding diaryl/α,β-unsaturated/α-hetero) is 1. The van der Waals surface area contributed by atoms with Crippen LogP contribution >= 0.6 is 11.3 Å². The lowest BCUT2D eigenvalue weighted by molar-refractivity contribution is -0.139. The number of ketones is 1. The largest absolute Gasteiger partial charge is 0.370 e. The molecule has 1 aromatic carbocycles. The molecular formula is C19H20FNO3S. The molecule has 1 atom stereocenters. The summed E-state index contributed by atoms with van der Waals surface area (Å²) < 4.78 is 18.7. The first-order valence-corrected chi connectivity index (χ1v) is 9.23. The smallest absolute Gasteiger partial charge is 0.222 e. The molecule has 1 aromatic heterocycles. The van der Waals surface area contributed by atoms with Crippen LogP contribution in [0.25, 0.3) is 0 Å². The summed E-state index contributed by atoms with van der Waals surface area (Å²) in [6.07, 6.45) is 1.06. The molecular weight excluding hydrogens is 341 g/mol. The van der Waals surface area contributed by atoms with Crippen LogP contribution in [0.3, 0.4) is 0 Å². The lowest BCUT2D eigenvalue weighted by Crippen LogP contribution is -2.42. The maximum Gasteiger partial charge on any atom is 0.222 e. The number of rotatable bonds is 6. The molecule has 1 saturated heterocycles. The monoisotopic (exact) mass is 361 g/mol. The predicted octanol–water partition coefficient (Wildman–Crippen LogP) is 3.84. The summed E-state index contributed by atoms with van der Waals surface area (Å²) in [7, 11) is 0. The highest BCUT2D eigenvalue weighted by Crippen LogP contribution is 2.23. The normalized spacial score (nSPS) is 17.5. The molecule has 0 unspecified atom stereocenters. The number of benzene rings is 1. The van der Waals surface area contributed by atoms with Gasteiger partial charge in [0.25, 0.3) is 0 Å². The minimum Gasteiger partial charge on any atom is -0.370 e. The Labute approximate surface area is 150 Å². The van der Waals surface area contributed by atoms with Gasteiger partial charge in [0.2, 0.25) is 5.91 Å². The van der Waals surface area contributed by atoms with Gasteiger partial charge in [0.15, 0.2) is 5.78 Å². The number of amides is 1. The standard InChI is InChI=1S/C19H20FNO3S/c20-15-8-6-14(7-9-15)17-13-21(10-11-24-17)19(23)5-1-3-16(22)18-4-2-12-25-18/h2,4,6-9,12,17H,1,3,5,10-11,13H2/t17-/m0/s1. The van der Waals surface area contributed by atoms with Gasteiger partial charge in [0.05, 0.1) is 18.0 Å². The van der Waals surface area contributed by atoms with Gasteiger partial charge in [-0.2, -0.15) is 0 Å². The van der Waals surface area contributed by atoms with Gasteiger partial charge in [0.1, 0.15) is 11.9 Å². The molecule has 0 aliphatic carbocycles. The number of nitrogens with zero attached hydrogens (tertiary/aromatic N) is 1. The van der Waals surface area contributed by atoms with Gasteiger partial charge in [-0.25, -0.2) is 4.39 Å². The van der Waals surface area contributed by atoms with Crippen molar-refractivity contribution in [1.29, 1.82) is 0 Å². The maximum absolute atomic E-state index is 13.0. The Morgan fingerprint density at radius 3 is 2.72 bits per heavy atom. The van der Waals surface area contributed by atoms with Crippen LogP contribution < -0.4 is 0 Å². The number of morpholine rings is 1. The van der Waals surface area contributed by atoms with Crippen LogP contribution in [-0.2, 0) is 9.53 Å². The summed E-state index contributed by atoms with van der Waals surface area (Å²) in [5.41, 5.74) is 0.867. The summed E-state index contributed by atoms with van der Waals surface area (Å²) in [6, 6.07) is 9.84. The first kappa shape index (κ1) is 17.8. The Balaban J connectivity index is 1.48. The molecule has 1 amide bonds. The molecule has 4 nitrogen and oxygen atoms in total. The van der Waals surface area contributed by atoms with Crippen molar-refractivity contribution in [3.63, 3.8) is 0 Å². The van der Waals surface area contributed by atoms with Crippen LogP contribution in [-0.4, -0.2) is 36.3 Å². The fourth-order valence-corrected chi connectivity index (χ4v) is 3.57. The van der Waals surface area contributed by atoms with Gasteiger partial charge in [0, 0.05) is 19.4 Å². The van der Waals surface area contributed by atoms with E-state index in [9.17, 15) is 14.0 Å². The summed E-state index contributed by atoms with van der Waals surface area (Å²) in [5.74, 6) is -0.161. The number of ether oxygens (including phenoxy) is 1. The van der Waals surface area contributed by atoms with Crippen LogP contribution in [0.4, 0.5) is 4.39 Å². The third-order valence-electron chi connectivity index (χ3n) is 4.25. The summed E-state index contributed by atoms with van der Waals surface area (Å²) >= 11 is 1.43. The van der Waals surface area contributed by atoms with Crippen LogP contribution in [0.15, 0.2) is 41.8 Å². The van der Waals surface area contributed by atoms with Crippen molar-refractivity contribution in [3.8, 4) is 0 Å². The Kier molecular flexibility index (Phi) is 5.94. The first-order chi connectivity index (χ1) is 12.1. The van der Waals surface area contributed by atoms with E-state index < -0.39 is 0 Å². The number of carbonyl (C=O) groups is 2. The second-order valence-corrected chi connectivity index (χ2v) is 6.95. The SMILES string of the molecule is O=C(CCCC(=O)N1CCO[C@H](c2ccc(F)cc2)C1)c1cccs1. The van der Waals surface area contributed by atoms with Crippen LogP contribution in [0.2, 0.25) is 0 Å². The van der Waals surface area contributed by atoms with E-state index in [2.05, 4.69) is 0 Å². The molecule has 6 heteroatoms. The lowest BCUT2D eigenvalue weighted by Gasteiger charge is -2.33. The van der Waals surface area contributed by atoms with E-state index in [1.165, 1.54) is 23.5 Å². The highest BCUT2D eigenvalue weighted by molar-refractivity contribution is 7.12. The van der Waals surface area contributed by atoms with E-state index in [0.29, 0.717) is 39.0 Å². The van der Waals surface area contributed by atoms with Gasteiger partial charge in [-0.05, 0) is 35.6 Å². The van der Waals surface area contributed by atoms with Crippen LogP contribution in [0, 0.1) is 5.82 Å². The number of halogens is 1. The third kappa shape index (κ3) is 4.74. The zero-order chi connectivity index (χ0) is 17.6. The molecule has 2 heterocycles. The molecule has 0 spiro atoms. The second-order valence-electron chi connectivity index (χ2n) is 6.00. The van der Waals surface area contributed by atoms with Gasteiger partial charge < -0.3 is 9.64 Å². The molecule has 132 valence electrons. The maximum atomic E-state index is 13.0. The van der Waals surface area contributed by atoms with Crippen molar-refractivity contribution in [2.45, 2.75) is 25.4 Å². The number of hydrogen-bond donors (Lipinski definition) is 0. The zero-order valence-electron chi connectivity index (χ0n) is 13.8. The number of thiophene rings is 1. The Morgan fingerprint density at radius 1 is 1.20 bits per heavy atom. The minimum atomic E-state index is -0.289. The average Bonchev–Trinajstić information content (AvgIpc) is 3.17. The van der Waals surface area contributed by atoms with Gasteiger partial charge in [-0.15, -0.1) is 11.3 Å². The molecule has 25 heavy (non-hydrogen) atoms. The number of hydrogen-bond acceptors (Lipinski definition) is 4. The van der Waals surface area contributed by atoms with Crippen molar-refractivity contribution >= 4 is 23.0 Å². The molecule has 0 N–H and O–H groups in total. The molecule has 1 aliphatic heterocycles. The van der Waals surface area contributed by atoms with E-state index in [4.69, 9.17) is 4.74 Å².